The third kappa shape index (κ3) is 4.70. The Balaban J connectivity index is 1.07. The van der Waals surface area contributed by atoms with Gasteiger partial charge in [-0.2, -0.15) is 0 Å². The Morgan fingerprint density at radius 3 is 2.37 bits per heavy atom. The van der Waals surface area contributed by atoms with Crippen LogP contribution in [-0.2, 0) is 5.41 Å². The largest absolute Gasteiger partial charge is 0.338 e. The molecule has 212 valence electrons. The number of fused-ring (bicyclic) bond motifs is 3. The third-order valence-corrected chi connectivity index (χ3v) is 10.3. The second-order valence-corrected chi connectivity index (χ2v) is 12.4. The maximum absolute atomic E-state index is 13.2. The summed E-state index contributed by atoms with van der Waals surface area (Å²) in [6, 6.07) is 24.6. The lowest BCUT2D eigenvalue weighted by molar-refractivity contribution is 0.0605. The predicted octanol–water partition coefficient (Wildman–Crippen LogP) is 5.47. The summed E-state index contributed by atoms with van der Waals surface area (Å²) in [6.45, 7) is 4.59. The third-order valence-electron chi connectivity index (χ3n) is 10.3. The number of pyridine rings is 1. The zero-order chi connectivity index (χ0) is 28.0. The Kier molecular flexibility index (Phi) is 6.78. The van der Waals surface area contributed by atoms with Crippen LogP contribution in [0, 0.1) is 6.92 Å². The quantitative estimate of drug-likeness (QED) is 0.346. The average molecular weight is 550 g/mol. The number of amides is 1. The van der Waals surface area contributed by atoms with E-state index in [4.69, 9.17) is 4.98 Å². The highest BCUT2D eigenvalue weighted by atomic mass is 16.2. The summed E-state index contributed by atoms with van der Waals surface area (Å²) in [5.74, 6) is 0.974. The smallest absolute Gasteiger partial charge is 0.260 e. The van der Waals surface area contributed by atoms with Gasteiger partial charge in [0.05, 0.1) is 11.0 Å². The zero-order valence-electron chi connectivity index (χ0n) is 23.8. The summed E-state index contributed by atoms with van der Waals surface area (Å²) >= 11 is 0. The van der Waals surface area contributed by atoms with E-state index < -0.39 is 0 Å². The minimum Gasteiger partial charge on any atom is -0.338 e. The van der Waals surface area contributed by atoms with Crippen LogP contribution in [0.3, 0.4) is 0 Å². The maximum atomic E-state index is 13.2. The van der Waals surface area contributed by atoms with Crippen molar-refractivity contribution in [3.05, 3.63) is 100 Å². The lowest BCUT2D eigenvalue weighted by Crippen LogP contribution is -2.49. The number of hydrogen-bond acceptors (Lipinski definition) is 4. The van der Waals surface area contributed by atoms with E-state index >= 15 is 0 Å². The molecule has 3 saturated heterocycles. The minimum absolute atomic E-state index is 0.0363. The van der Waals surface area contributed by atoms with Crippen LogP contribution in [0.2, 0.25) is 0 Å². The summed E-state index contributed by atoms with van der Waals surface area (Å²) in [5, 5.41) is 0. The van der Waals surface area contributed by atoms with Crippen molar-refractivity contribution in [1.29, 1.82) is 0 Å². The molecule has 2 unspecified atom stereocenters. The van der Waals surface area contributed by atoms with Gasteiger partial charge in [-0.05, 0) is 93.7 Å². The van der Waals surface area contributed by atoms with Crippen LogP contribution < -0.4 is 5.56 Å². The van der Waals surface area contributed by atoms with E-state index in [1.54, 1.807) is 18.3 Å². The Hall–Kier alpha value is -3.71. The van der Waals surface area contributed by atoms with Crippen LogP contribution in [0.4, 0.5) is 0 Å². The van der Waals surface area contributed by atoms with Gasteiger partial charge in [-0.25, -0.2) is 4.98 Å². The topological polar surface area (TPSA) is 74.2 Å². The summed E-state index contributed by atoms with van der Waals surface area (Å²) in [7, 11) is 0. The Morgan fingerprint density at radius 2 is 1.63 bits per heavy atom. The number of imidazole rings is 1. The number of carbonyl (C=O) groups excluding carboxylic acids is 1. The lowest BCUT2D eigenvalue weighted by Gasteiger charge is -2.45. The SMILES string of the molecule is Cc1nc2ccccc2n1C1CC2CCC(C1)N2CCC1(c2ccccc2)CCN(C(=O)c2ccc[nH]c2=O)CC1. The van der Waals surface area contributed by atoms with E-state index in [1.165, 1.54) is 36.8 Å². The van der Waals surface area contributed by atoms with Crippen molar-refractivity contribution in [3.63, 3.8) is 0 Å². The fraction of sp³-hybridized carbons (Fsp3) is 0.441. The molecule has 3 fully saturated rings. The van der Waals surface area contributed by atoms with E-state index in [-0.39, 0.29) is 22.4 Å². The number of aromatic nitrogens is 3. The van der Waals surface area contributed by atoms with Crippen LogP contribution in [-0.4, -0.2) is 62.0 Å². The Labute approximate surface area is 241 Å². The number of carbonyl (C=O) groups is 1. The van der Waals surface area contributed by atoms with Crippen LogP contribution in [0.25, 0.3) is 11.0 Å². The molecule has 7 rings (SSSR count). The molecule has 0 radical (unpaired) electrons. The zero-order valence-corrected chi connectivity index (χ0v) is 23.8. The van der Waals surface area contributed by atoms with Crippen molar-refractivity contribution in [2.75, 3.05) is 19.6 Å². The first-order chi connectivity index (χ1) is 20.0. The molecule has 5 heterocycles. The molecular weight excluding hydrogens is 510 g/mol. The number of aromatic amines is 1. The molecule has 2 atom stereocenters. The molecule has 0 aliphatic carbocycles. The minimum atomic E-state index is -0.310. The first kappa shape index (κ1) is 26.2. The van der Waals surface area contributed by atoms with Gasteiger partial charge in [-0.1, -0.05) is 42.5 Å². The van der Waals surface area contributed by atoms with E-state index in [1.807, 2.05) is 4.90 Å². The molecule has 1 N–H and O–H groups in total. The molecular formula is C34H39N5O2. The van der Waals surface area contributed by atoms with E-state index in [0.29, 0.717) is 31.2 Å². The number of likely N-dealkylation sites (tertiary alicyclic amines) is 1. The number of H-pyrrole nitrogens is 1. The highest BCUT2D eigenvalue weighted by Crippen LogP contribution is 2.45. The van der Waals surface area contributed by atoms with E-state index in [9.17, 15) is 9.59 Å². The van der Waals surface area contributed by atoms with Crippen LogP contribution in [0.5, 0.6) is 0 Å². The Bertz CT molecular complexity index is 1590. The molecule has 4 aromatic rings. The predicted molar refractivity (Wildman–Crippen MR) is 161 cm³/mol. The van der Waals surface area contributed by atoms with Crippen molar-refractivity contribution in [1.82, 2.24) is 24.3 Å². The van der Waals surface area contributed by atoms with E-state index in [2.05, 4.69) is 76.0 Å². The van der Waals surface area contributed by atoms with Crippen LogP contribution >= 0.6 is 0 Å². The summed E-state index contributed by atoms with van der Waals surface area (Å²) in [5.41, 5.74) is 3.72. The normalized spacial score (nSPS) is 24.1. The van der Waals surface area contributed by atoms with E-state index in [0.717, 1.165) is 37.1 Å². The fourth-order valence-corrected chi connectivity index (χ4v) is 8.16. The highest BCUT2D eigenvalue weighted by Gasteiger charge is 2.44. The van der Waals surface area contributed by atoms with Gasteiger partial charge in [0.2, 0.25) is 0 Å². The van der Waals surface area contributed by atoms with Gasteiger partial charge in [0, 0.05) is 37.4 Å². The molecule has 2 aromatic heterocycles. The molecule has 7 nitrogen and oxygen atoms in total. The molecule has 3 aliphatic heterocycles. The summed E-state index contributed by atoms with van der Waals surface area (Å²) < 4.78 is 2.51. The second-order valence-electron chi connectivity index (χ2n) is 12.4. The second kappa shape index (κ2) is 10.6. The molecule has 41 heavy (non-hydrogen) atoms. The highest BCUT2D eigenvalue weighted by molar-refractivity contribution is 5.93. The van der Waals surface area contributed by atoms with Gasteiger partial charge >= 0.3 is 0 Å². The van der Waals surface area contributed by atoms with Crippen molar-refractivity contribution in [3.8, 4) is 0 Å². The number of hydrogen-bond donors (Lipinski definition) is 1. The first-order valence-corrected chi connectivity index (χ1v) is 15.2. The van der Waals surface area contributed by atoms with Gasteiger partial charge in [0.1, 0.15) is 11.4 Å². The standard InChI is InChI=1S/C34H39N5O2/c1-24-36-30-11-5-6-12-31(30)39(24)28-22-26-13-14-27(23-28)38(26)21-17-34(25-8-3-2-4-9-25)15-19-37(20-16-34)33(41)29-10-7-18-35-32(29)40/h2-12,18,26-28H,13-17,19-23H2,1H3,(H,35,40). The molecule has 0 spiro atoms. The number of piperidine rings is 2. The molecule has 0 saturated carbocycles. The number of aryl methyl sites for hydroxylation is 1. The number of rotatable bonds is 6. The molecule has 2 bridgehead atoms. The first-order valence-electron chi connectivity index (χ1n) is 15.2. The monoisotopic (exact) mass is 549 g/mol. The van der Waals surface area contributed by atoms with Gasteiger partial charge in [0.15, 0.2) is 0 Å². The van der Waals surface area contributed by atoms with Crippen LogP contribution in [0.15, 0.2) is 77.7 Å². The molecule has 2 aromatic carbocycles. The summed E-state index contributed by atoms with van der Waals surface area (Å²) in [4.78, 5) is 37.7. The number of para-hydroxylation sites is 2. The molecule has 7 heteroatoms. The van der Waals surface area contributed by atoms with Crippen molar-refractivity contribution < 1.29 is 4.79 Å². The summed E-state index contributed by atoms with van der Waals surface area (Å²) in [6.07, 6.45) is 9.42. The maximum Gasteiger partial charge on any atom is 0.260 e. The van der Waals surface area contributed by atoms with Gasteiger partial charge in [-0.15, -0.1) is 0 Å². The van der Waals surface area contributed by atoms with Crippen molar-refractivity contribution >= 4 is 16.9 Å². The molecule has 3 aliphatic rings. The number of benzene rings is 2. The van der Waals surface area contributed by atoms with Gasteiger partial charge in [0.25, 0.3) is 11.5 Å². The lowest BCUT2D eigenvalue weighted by atomic mass is 9.70. The van der Waals surface area contributed by atoms with Gasteiger partial charge < -0.3 is 14.5 Å². The van der Waals surface area contributed by atoms with Crippen LogP contribution in [0.1, 0.15) is 72.7 Å². The van der Waals surface area contributed by atoms with Crippen molar-refractivity contribution in [2.45, 2.75) is 75.4 Å². The molecule has 1 amide bonds. The van der Waals surface area contributed by atoms with Crippen molar-refractivity contribution in [2.24, 2.45) is 0 Å². The number of nitrogens with one attached hydrogen (secondary N) is 1. The number of nitrogens with zero attached hydrogens (tertiary/aromatic N) is 4. The van der Waals surface area contributed by atoms with Gasteiger partial charge in [-0.3, -0.25) is 14.5 Å². The average Bonchev–Trinajstić information content (AvgIpc) is 3.47. The Morgan fingerprint density at radius 1 is 0.927 bits per heavy atom. The fourth-order valence-electron chi connectivity index (χ4n) is 8.16.